The van der Waals surface area contributed by atoms with Crippen LogP contribution in [0.15, 0.2) is 24.3 Å². The van der Waals surface area contributed by atoms with E-state index in [0.29, 0.717) is 27.6 Å². The van der Waals surface area contributed by atoms with Crippen molar-refractivity contribution in [3.63, 3.8) is 0 Å². The molecule has 1 aromatic carbocycles. The average molecular weight is 281 g/mol. The molecule has 0 amide bonds. The van der Waals surface area contributed by atoms with E-state index in [1.54, 1.807) is 6.92 Å². The van der Waals surface area contributed by atoms with E-state index in [-0.39, 0.29) is 0 Å². The monoisotopic (exact) mass is 280 g/mol. The fraction of sp³-hybridized carbons (Fsp3) is 0.286. The van der Waals surface area contributed by atoms with Gasteiger partial charge in [-0.3, -0.25) is 0 Å². The highest BCUT2D eigenvalue weighted by molar-refractivity contribution is 6.34. The lowest BCUT2D eigenvalue weighted by Gasteiger charge is -2.07. The van der Waals surface area contributed by atoms with Crippen molar-refractivity contribution in [1.82, 2.24) is 9.97 Å². The number of hydrogen-bond donors (Lipinski definition) is 0. The maximum Gasteiger partial charge on any atom is 0.162 e. The van der Waals surface area contributed by atoms with Crippen LogP contribution >= 0.6 is 23.2 Å². The smallest absolute Gasteiger partial charge is 0.162 e. The molecule has 94 valence electrons. The summed E-state index contributed by atoms with van der Waals surface area (Å²) in [6.45, 7) is 6.12. The van der Waals surface area contributed by atoms with E-state index in [9.17, 15) is 0 Å². The zero-order valence-corrected chi connectivity index (χ0v) is 12.0. The zero-order chi connectivity index (χ0) is 13.3. The molecule has 0 aliphatic rings. The molecule has 2 rings (SSSR count). The first-order chi connectivity index (χ1) is 8.49. The maximum absolute atomic E-state index is 6.02. The highest BCUT2D eigenvalue weighted by Gasteiger charge is 2.09. The lowest BCUT2D eigenvalue weighted by atomic mass is 10.0. The van der Waals surface area contributed by atoms with Gasteiger partial charge in [0.05, 0.1) is 0 Å². The number of nitrogens with zero attached hydrogens (tertiary/aromatic N) is 2. The Hall–Kier alpha value is -1.12. The first-order valence-electron chi connectivity index (χ1n) is 5.79. The SMILES string of the molecule is Cc1c(Cl)nc(-c2ccc(C(C)C)cc2)nc1Cl. The summed E-state index contributed by atoms with van der Waals surface area (Å²) in [6.07, 6.45) is 0. The van der Waals surface area contributed by atoms with Crippen LogP contribution in [0, 0.1) is 6.92 Å². The number of aromatic nitrogens is 2. The summed E-state index contributed by atoms with van der Waals surface area (Å²) in [5.74, 6) is 1.07. The van der Waals surface area contributed by atoms with E-state index < -0.39 is 0 Å². The first kappa shape index (κ1) is 13.3. The normalized spacial score (nSPS) is 11.0. The number of halogens is 2. The molecule has 0 spiro atoms. The fourth-order valence-corrected chi connectivity index (χ4v) is 2.00. The molecule has 2 nitrogen and oxygen atoms in total. The molecule has 0 saturated carbocycles. The first-order valence-corrected chi connectivity index (χ1v) is 6.54. The van der Waals surface area contributed by atoms with Gasteiger partial charge in [-0.1, -0.05) is 61.3 Å². The molecule has 1 heterocycles. The van der Waals surface area contributed by atoms with E-state index in [1.165, 1.54) is 5.56 Å². The molecule has 0 saturated heterocycles. The van der Waals surface area contributed by atoms with Crippen LogP contribution in [-0.2, 0) is 0 Å². The molecule has 0 fully saturated rings. The van der Waals surface area contributed by atoms with Gasteiger partial charge in [0.25, 0.3) is 0 Å². The average Bonchev–Trinajstić information content (AvgIpc) is 2.35. The van der Waals surface area contributed by atoms with Gasteiger partial charge in [0, 0.05) is 11.1 Å². The number of rotatable bonds is 2. The Balaban J connectivity index is 2.43. The minimum absolute atomic E-state index is 0.401. The standard InChI is InChI=1S/C14H14Cl2N2/c1-8(2)10-4-6-11(7-5-10)14-17-12(15)9(3)13(16)18-14/h4-8H,1-3H3. The van der Waals surface area contributed by atoms with E-state index in [0.717, 1.165) is 5.56 Å². The van der Waals surface area contributed by atoms with Crippen LogP contribution in [0.4, 0.5) is 0 Å². The topological polar surface area (TPSA) is 25.8 Å². The van der Waals surface area contributed by atoms with Crippen LogP contribution in [0.5, 0.6) is 0 Å². The second kappa shape index (κ2) is 5.25. The third-order valence-corrected chi connectivity index (χ3v) is 3.60. The van der Waals surface area contributed by atoms with Gasteiger partial charge in [-0.05, 0) is 18.4 Å². The summed E-state index contributed by atoms with van der Waals surface area (Å²) >= 11 is 12.0. The van der Waals surface area contributed by atoms with Gasteiger partial charge in [-0.25, -0.2) is 9.97 Å². The minimum atomic E-state index is 0.401. The quantitative estimate of drug-likeness (QED) is 0.733. The number of benzene rings is 1. The van der Waals surface area contributed by atoms with Crippen LogP contribution in [0.1, 0.15) is 30.9 Å². The molecule has 0 N–H and O–H groups in total. The maximum atomic E-state index is 6.02. The van der Waals surface area contributed by atoms with E-state index in [2.05, 4.69) is 35.9 Å². The fourth-order valence-electron chi connectivity index (χ4n) is 1.61. The summed E-state index contributed by atoms with van der Waals surface area (Å²) in [5.41, 5.74) is 2.91. The molecule has 0 aliphatic heterocycles. The van der Waals surface area contributed by atoms with E-state index >= 15 is 0 Å². The second-order valence-electron chi connectivity index (χ2n) is 4.53. The molecule has 0 radical (unpaired) electrons. The lowest BCUT2D eigenvalue weighted by molar-refractivity contribution is 0.867. The third-order valence-electron chi connectivity index (χ3n) is 2.86. The Bertz CT molecular complexity index is 540. The molecule has 2 aromatic rings. The van der Waals surface area contributed by atoms with Crippen LogP contribution < -0.4 is 0 Å². The summed E-state index contributed by atoms with van der Waals surface area (Å²) in [6, 6.07) is 8.13. The molecule has 1 aromatic heterocycles. The molecule has 0 atom stereocenters. The van der Waals surface area contributed by atoms with Gasteiger partial charge in [0.2, 0.25) is 0 Å². The Morgan fingerprint density at radius 2 is 1.44 bits per heavy atom. The van der Waals surface area contributed by atoms with Crippen molar-refractivity contribution in [3.8, 4) is 11.4 Å². The third kappa shape index (κ3) is 2.65. The molecule has 0 unspecified atom stereocenters. The second-order valence-corrected chi connectivity index (χ2v) is 5.25. The van der Waals surface area contributed by atoms with Crippen LogP contribution in [-0.4, -0.2) is 9.97 Å². The van der Waals surface area contributed by atoms with Crippen molar-refractivity contribution >= 4 is 23.2 Å². The predicted molar refractivity (Wildman–Crippen MR) is 76.3 cm³/mol. The van der Waals surface area contributed by atoms with Crippen LogP contribution in [0.2, 0.25) is 10.3 Å². The van der Waals surface area contributed by atoms with Crippen molar-refractivity contribution in [2.24, 2.45) is 0 Å². The zero-order valence-electron chi connectivity index (χ0n) is 10.5. The summed E-state index contributed by atoms with van der Waals surface area (Å²) in [7, 11) is 0. The minimum Gasteiger partial charge on any atom is -0.216 e. The van der Waals surface area contributed by atoms with Crippen LogP contribution in [0.3, 0.4) is 0 Å². The Morgan fingerprint density at radius 1 is 0.944 bits per heavy atom. The molecule has 0 bridgehead atoms. The lowest BCUT2D eigenvalue weighted by Crippen LogP contribution is -1.94. The van der Waals surface area contributed by atoms with Gasteiger partial charge in [-0.15, -0.1) is 0 Å². The molecular weight excluding hydrogens is 267 g/mol. The van der Waals surface area contributed by atoms with Gasteiger partial charge < -0.3 is 0 Å². The van der Waals surface area contributed by atoms with E-state index in [4.69, 9.17) is 23.2 Å². The Labute approximate surface area is 117 Å². The summed E-state index contributed by atoms with van der Waals surface area (Å²) in [4.78, 5) is 8.50. The van der Waals surface area contributed by atoms with Gasteiger partial charge in [0.15, 0.2) is 5.82 Å². The van der Waals surface area contributed by atoms with Gasteiger partial charge in [0.1, 0.15) is 10.3 Å². The Kier molecular flexibility index (Phi) is 3.88. The Morgan fingerprint density at radius 3 is 1.89 bits per heavy atom. The molecule has 0 aliphatic carbocycles. The highest BCUT2D eigenvalue weighted by atomic mass is 35.5. The van der Waals surface area contributed by atoms with Crippen molar-refractivity contribution in [3.05, 3.63) is 45.7 Å². The van der Waals surface area contributed by atoms with Crippen molar-refractivity contribution < 1.29 is 0 Å². The predicted octanol–water partition coefficient (Wildman–Crippen LogP) is 4.88. The highest BCUT2D eigenvalue weighted by Crippen LogP contribution is 2.25. The van der Waals surface area contributed by atoms with Crippen LogP contribution in [0.25, 0.3) is 11.4 Å². The molecule has 4 heteroatoms. The van der Waals surface area contributed by atoms with Crippen molar-refractivity contribution in [2.75, 3.05) is 0 Å². The van der Waals surface area contributed by atoms with Gasteiger partial charge >= 0.3 is 0 Å². The number of hydrogen-bond acceptors (Lipinski definition) is 2. The largest absolute Gasteiger partial charge is 0.216 e. The summed E-state index contributed by atoms with van der Waals surface area (Å²) < 4.78 is 0. The summed E-state index contributed by atoms with van der Waals surface area (Å²) in [5, 5.41) is 0.802. The van der Waals surface area contributed by atoms with E-state index in [1.807, 2.05) is 12.1 Å². The van der Waals surface area contributed by atoms with Gasteiger partial charge in [-0.2, -0.15) is 0 Å². The molecule has 18 heavy (non-hydrogen) atoms. The van der Waals surface area contributed by atoms with Crippen molar-refractivity contribution in [1.29, 1.82) is 0 Å². The molecular formula is C14H14Cl2N2. The van der Waals surface area contributed by atoms with Crippen molar-refractivity contribution in [2.45, 2.75) is 26.7 Å².